The third-order valence-electron chi connectivity index (χ3n) is 4.67. The second-order valence-corrected chi connectivity index (χ2v) is 6.11. The van der Waals surface area contributed by atoms with Crippen molar-refractivity contribution in [2.75, 3.05) is 7.11 Å². The first kappa shape index (κ1) is 15.8. The molecule has 0 spiro atoms. The maximum absolute atomic E-state index is 14.4. The standard InChI is InChI=1S/C19H16F2N2O2/c1-25-19(24)16-9-13-11-4-2-3-5-15(11)22-18(13)17(23-16)12-7-6-10(20)8-14(12)21/h2-8,16-17,22-23H,9H2,1H3. The van der Waals surface area contributed by atoms with Crippen LogP contribution in [-0.4, -0.2) is 24.1 Å². The molecule has 2 heterocycles. The lowest BCUT2D eigenvalue weighted by Crippen LogP contribution is -2.45. The Kier molecular flexibility index (Phi) is 3.77. The predicted octanol–water partition coefficient (Wildman–Crippen LogP) is 3.22. The molecule has 6 heteroatoms. The van der Waals surface area contributed by atoms with Gasteiger partial charge in [0.1, 0.15) is 17.7 Å². The lowest BCUT2D eigenvalue weighted by molar-refractivity contribution is -0.143. The quantitative estimate of drug-likeness (QED) is 0.703. The zero-order chi connectivity index (χ0) is 17.6. The summed E-state index contributed by atoms with van der Waals surface area (Å²) < 4.78 is 32.5. The van der Waals surface area contributed by atoms with E-state index in [4.69, 9.17) is 4.74 Å². The van der Waals surface area contributed by atoms with Crippen LogP contribution in [0.4, 0.5) is 8.78 Å². The zero-order valence-electron chi connectivity index (χ0n) is 13.5. The van der Waals surface area contributed by atoms with E-state index in [1.165, 1.54) is 19.2 Å². The number of benzene rings is 2. The van der Waals surface area contributed by atoms with Gasteiger partial charge < -0.3 is 9.72 Å². The van der Waals surface area contributed by atoms with Crippen LogP contribution < -0.4 is 5.32 Å². The highest BCUT2D eigenvalue weighted by Crippen LogP contribution is 2.36. The number of halogens is 2. The minimum atomic E-state index is -0.660. The second kappa shape index (κ2) is 5.97. The molecule has 0 aliphatic carbocycles. The van der Waals surface area contributed by atoms with E-state index < -0.39 is 29.7 Å². The number of ether oxygens (including phenoxy) is 1. The van der Waals surface area contributed by atoms with Gasteiger partial charge in [-0.3, -0.25) is 10.1 Å². The highest BCUT2D eigenvalue weighted by molar-refractivity contribution is 5.87. The molecule has 3 aromatic rings. The first-order valence-corrected chi connectivity index (χ1v) is 7.97. The number of rotatable bonds is 2. The molecule has 0 radical (unpaired) electrons. The van der Waals surface area contributed by atoms with Crippen molar-refractivity contribution in [3.63, 3.8) is 0 Å². The Morgan fingerprint density at radius 2 is 2.00 bits per heavy atom. The van der Waals surface area contributed by atoms with Crippen molar-refractivity contribution >= 4 is 16.9 Å². The van der Waals surface area contributed by atoms with Crippen LogP contribution in [0.25, 0.3) is 10.9 Å². The molecule has 2 N–H and O–H groups in total. The molecule has 2 atom stereocenters. The number of fused-ring (bicyclic) bond motifs is 3. The summed E-state index contributed by atoms with van der Waals surface area (Å²) in [5.74, 6) is -1.71. The summed E-state index contributed by atoms with van der Waals surface area (Å²) in [5, 5.41) is 4.12. The smallest absolute Gasteiger partial charge is 0.323 e. The van der Waals surface area contributed by atoms with Crippen molar-refractivity contribution in [1.82, 2.24) is 10.3 Å². The molecular weight excluding hydrogens is 326 g/mol. The van der Waals surface area contributed by atoms with Crippen molar-refractivity contribution in [3.05, 3.63) is 70.9 Å². The van der Waals surface area contributed by atoms with E-state index in [1.54, 1.807) is 0 Å². The van der Waals surface area contributed by atoms with E-state index in [9.17, 15) is 13.6 Å². The van der Waals surface area contributed by atoms with Crippen LogP contribution in [0.1, 0.15) is 22.9 Å². The Hall–Kier alpha value is -2.73. The first-order chi connectivity index (χ1) is 12.1. The summed E-state index contributed by atoms with van der Waals surface area (Å²) in [6.45, 7) is 0. The molecule has 2 aromatic carbocycles. The Morgan fingerprint density at radius 3 is 2.76 bits per heavy atom. The number of aromatic nitrogens is 1. The van der Waals surface area contributed by atoms with Gasteiger partial charge in [0.2, 0.25) is 0 Å². The van der Waals surface area contributed by atoms with Crippen LogP contribution in [-0.2, 0) is 16.0 Å². The molecule has 1 aromatic heterocycles. The van der Waals surface area contributed by atoms with Crippen LogP contribution in [0.2, 0.25) is 0 Å². The van der Waals surface area contributed by atoms with Gasteiger partial charge in [-0.1, -0.05) is 24.3 Å². The number of aromatic amines is 1. The highest BCUT2D eigenvalue weighted by atomic mass is 19.1. The predicted molar refractivity (Wildman–Crippen MR) is 89.1 cm³/mol. The van der Waals surface area contributed by atoms with Gasteiger partial charge in [-0.25, -0.2) is 8.78 Å². The summed E-state index contributed by atoms with van der Waals surface area (Å²) >= 11 is 0. The maximum atomic E-state index is 14.4. The van der Waals surface area contributed by atoms with E-state index in [1.807, 2.05) is 24.3 Å². The minimum absolute atomic E-state index is 0.280. The highest BCUT2D eigenvalue weighted by Gasteiger charge is 2.35. The van der Waals surface area contributed by atoms with E-state index in [0.717, 1.165) is 28.2 Å². The van der Waals surface area contributed by atoms with E-state index in [-0.39, 0.29) is 5.56 Å². The van der Waals surface area contributed by atoms with Crippen molar-refractivity contribution in [3.8, 4) is 0 Å². The van der Waals surface area contributed by atoms with Crippen molar-refractivity contribution in [2.24, 2.45) is 0 Å². The summed E-state index contributed by atoms with van der Waals surface area (Å²) in [4.78, 5) is 15.4. The molecule has 0 fully saturated rings. The van der Waals surface area contributed by atoms with Crippen molar-refractivity contribution in [2.45, 2.75) is 18.5 Å². The number of esters is 1. The third-order valence-corrected chi connectivity index (χ3v) is 4.67. The minimum Gasteiger partial charge on any atom is -0.468 e. The van der Waals surface area contributed by atoms with Gasteiger partial charge >= 0.3 is 5.97 Å². The lowest BCUT2D eigenvalue weighted by atomic mass is 9.90. The summed E-state index contributed by atoms with van der Waals surface area (Å²) in [5.41, 5.74) is 2.92. The number of methoxy groups -OCH3 is 1. The van der Waals surface area contributed by atoms with Gasteiger partial charge in [-0.2, -0.15) is 0 Å². The van der Waals surface area contributed by atoms with Gasteiger partial charge in [0.05, 0.1) is 13.2 Å². The first-order valence-electron chi connectivity index (χ1n) is 7.97. The second-order valence-electron chi connectivity index (χ2n) is 6.11. The molecule has 4 nitrogen and oxygen atoms in total. The van der Waals surface area contributed by atoms with Gasteiger partial charge in [0, 0.05) is 34.6 Å². The van der Waals surface area contributed by atoms with E-state index >= 15 is 0 Å². The fraction of sp³-hybridized carbons (Fsp3) is 0.211. The number of para-hydroxylation sites is 1. The van der Waals surface area contributed by atoms with Crippen LogP contribution in [0.3, 0.4) is 0 Å². The maximum Gasteiger partial charge on any atom is 0.323 e. The monoisotopic (exact) mass is 342 g/mol. The molecule has 0 saturated carbocycles. The molecule has 2 unspecified atom stereocenters. The summed E-state index contributed by atoms with van der Waals surface area (Å²) in [6, 6.07) is 9.97. The van der Waals surface area contributed by atoms with Gasteiger partial charge in [-0.15, -0.1) is 0 Å². The number of H-pyrrole nitrogens is 1. The summed E-state index contributed by atoms with van der Waals surface area (Å²) in [7, 11) is 1.32. The van der Waals surface area contributed by atoms with Crippen LogP contribution in [0.15, 0.2) is 42.5 Å². The summed E-state index contributed by atoms with van der Waals surface area (Å²) in [6.07, 6.45) is 0.436. The van der Waals surface area contributed by atoms with E-state index in [0.29, 0.717) is 6.42 Å². The molecule has 128 valence electrons. The molecule has 0 amide bonds. The topological polar surface area (TPSA) is 54.1 Å². The fourth-order valence-corrected chi connectivity index (χ4v) is 3.51. The van der Waals surface area contributed by atoms with Gasteiger partial charge in [0.15, 0.2) is 0 Å². The van der Waals surface area contributed by atoms with Crippen LogP contribution in [0, 0.1) is 11.6 Å². The molecule has 0 bridgehead atoms. The molecule has 4 rings (SSSR count). The zero-order valence-corrected chi connectivity index (χ0v) is 13.5. The molecule has 1 aliphatic rings. The van der Waals surface area contributed by atoms with Gasteiger partial charge in [0.25, 0.3) is 0 Å². The van der Waals surface area contributed by atoms with Gasteiger partial charge in [-0.05, 0) is 17.7 Å². The lowest BCUT2D eigenvalue weighted by Gasteiger charge is -2.30. The molecular formula is C19H16F2N2O2. The average molecular weight is 342 g/mol. The van der Waals surface area contributed by atoms with Crippen molar-refractivity contribution < 1.29 is 18.3 Å². The number of carbonyl (C=O) groups is 1. The van der Waals surface area contributed by atoms with Crippen LogP contribution in [0.5, 0.6) is 0 Å². The normalized spacial score (nSPS) is 19.6. The Morgan fingerprint density at radius 1 is 1.20 bits per heavy atom. The SMILES string of the molecule is COC(=O)C1Cc2c([nH]c3ccccc23)C(c2ccc(F)cc2F)N1. The largest absolute Gasteiger partial charge is 0.468 e. The van der Waals surface area contributed by atoms with E-state index in [2.05, 4.69) is 10.3 Å². The Bertz CT molecular complexity index is 967. The third kappa shape index (κ3) is 2.59. The number of hydrogen-bond donors (Lipinski definition) is 2. The number of hydrogen-bond acceptors (Lipinski definition) is 3. The Balaban J connectivity index is 1.90. The number of nitrogens with one attached hydrogen (secondary N) is 2. The van der Waals surface area contributed by atoms with Crippen molar-refractivity contribution in [1.29, 1.82) is 0 Å². The van der Waals surface area contributed by atoms with Crippen LogP contribution >= 0.6 is 0 Å². The molecule has 0 saturated heterocycles. The number of carbonyl (C=O) groups excluding carboxylic acids is 1. The molecule has 25 heavy (non-hydrogen) atoms. The fourth-order valence-electron chi connectivity index (χ4n) is 3.51. The average Bonchev–Trinajstić information content (AvgIpc) is 2.99. The molecule has 1 aliphatic heterocycles. The Labute approximate surface area is 142 Å².